The van der Waals surface area contributed by atoms with Crippen molar-refractivity contribution in [3.8, 4) is 44.5 Å². The maximum absolute atomic E-state index is 14.6. The lowest BCUT2D eigenvalue weighted by Crippen LogP contribution is -2.30. The van der Waals surface area contributed by atoms with E-state index in [1.54, 1.807) is 0 Å². The van der Waals surface area contributed by atoms with Crippen LogP contribution in [0.3, 0.4) is 0 Å². The van der Waals surface area contributed by atoms with Crippen LogP contribution >= 0.6 is 0 Å². The SMILES string of the molecule is C=Cc1ccc(C2(c3cc(C)ccc3C)c3ccccc3-c3ccc(N(c4ccc5oc6ccc(N(c7ccc8c(c7)C(c7ccc(C=C)cc7)(c7cc(C)ccc7C)c7ccccc7-8)c7cc(C)c(-c8ccc(F)cc8)cc7C)cc6c5c4)c4cc(C)c(-c5ccc(F)cc5)cc4C)cc32)cc1. The lowest BCUT2D eigenvalue weighted by molar-refractivity contribution is 0.627. The van der Waals surface area contributed by atoms with E-state index in [0.717, 1.165) is 112 Å². The Morgan fingerprint density at radius 2 is 0.670 bits per heavy atom. The molecule has 1 aromatic heterocycles. The van der Waals surface area contributed by atoms with E-state index in [1.165, 1.54) is 113 Å². The molecule has 0 N–H and O–H groups in total. The molecule has 0 saturated heterocycles. The predicted molar refractivity (Wildman–Crippen MR) is 427 cm³/mol. The van der Waals surface area contributed by atoms with Crippen LogP contribution in [0.1, 0.15) is 100 Å². The van der Waals surface area contributed by atoms with Gasteiger partial charge in [0, 0.05) is 44.9 Å². The minimum Gasteiger partial charge on any atom is -0.456 e. The fraction of sp³-hybridized carbons (Fsp3) is 0.102. The highest BCUT2D eigenvalue weighted by Gasteiger charge is 2.49. The highest BCUT2D eigenvalue weighted by atomic mass is 19.1. The first-order chi connectivity index (χ1) is 50.0. The topological polar surface area (TPSA) is 19.6 Å². The maximum atomic E-state index is 14.6. The fourth-order valence-corrected chi connectivity index (χ4v) is 17.2. The first-order valence-electron chi connectivity index (χ1n) is 35.4. The standard InChI is InChI=1S/C98H76F2N2O/c1-11-67-25-33-71(34-26-67)97(89-49-59(3)21-23-61(89)5)87-19-15-13-17-79(87)81-45-41-77(57-91(81)97)101(93-53-63(7)83(51-65(93)9)69-29-37-73(99)38-30-69)75-43-47-95-85(55-75)86-56-76(44-48-96(86)103-95)102(94-54-64(8)84(52-66(94)10)70-31-39-74(100)40-32-70)78-42-46-82-80-18-14-16-20-88(80)98(92(82)58-78,72-35-27-68(12-2)28-36-72)90-50-60(4)22-24-62(90)6/h11-58H,1-2H2,3-10H3. The fourth-order valence-electron chi connectivity index (χ4n) is 17.2. The smallest absolute Gasteiger partial charge is 0.135 e. The number of rotatable bonds is 14. The molecule has 5 heteroatoms. The lowest BCUT2D eigenvalue weighted by atomic mass is 9.66. The van der Waals surface area contributed by atoms with Gasteiger partial charge < -0.3 is 14.2 Å². The van der Waals surface area contributed by atoms with Crippen LogP contribution in [0, 0.1) is 67.0 Å². The van der Waals surface area contributed by atoms with E-state index < -0.39 is 10.8 Å². The monoisotopic (exact) mass is 1330 g/mol. The van der Waals surface area contributed by atoms with Gasteiger partial charge in [0.15, 0.2) is 0 Å². The number of furan rings is 1. The molecule has 2 aliphatic carbocycles. The van der Waals surface area contributed by atoms with Crippen molar-refractivity contribution in [1.82, 2.24) is 0 Å². The van der Waals surface area contributed by atoms with Crippen LogP contribution in [0.4, 0.5) is 42.9 Å². The van der Waals surface area contributed by atoms with Crippen molar-refractivity contribution in [2.75, 3.05) is 9.80 Å². The van der Waals surface area contributed by atoms with Gasteiger partial charge in [-0.1, -0.05) is 206 Å². The first kappa shape index (κ1) is 64.2. The van der Waals surface area contributed by atoms with Gasteiger partial charge >= 0.3 is 0 Å². The van der Waals surface area contributed by atoms with Crippen LogP contribution in [0.5, 0.6) is 0 Å². The normalized spacial score (nSPS) is 14.9. The highest BCUT2D eigenvalue weighted by Crippen LogP contribution is 2.61. The van der Waals surface area contributed by atoms with Gasteiger partial charge in [-0.25, -0.2) is 8.78 Å². The molecule has 3 nitrogen and oxygen atoms in total. The molecular weight excluding hydrogens is 1260 g/mol. The second-order valence-corrected chi connectivity index (χ2v) is 28.4. The molecule has 17 rings (SSSR count). The summed E-state index contributed by atoms with van der Waals surface area (Å²) in [5.74, 6) is -0.539. The average molecular weight is 1340 g/mol. The summed E-state index contributed by atoms with van der Waals surface area (Å²) in [6, 6.07) is 99.7. The second-order valence-electron chi connectivity index (χ2n) is 28.4. The summed E-state index contributed by atoms with van der Waals surface area (Å²) in [7, 11) is 0. The Balaban J connectivity index is 0.897. The molecule has 0 saturated carbocycles. The maximum Gasteiger partial charge on any atom is 0.135 e. The summed E-state index contributed by atoms with van der Waals surface area (Å²) in [4.78, 5) is 4.85. The Hall–Kier alpha value is -12.2. The average Bonchev–Trinajstić information content (AvgIpc) is 1.54. The molecule has 2 atom stereocenters. The minimum atomic E-state index is -0.702. The van der Waals surface area contributed by atoms with Crippen LogP contribution in [0.15, 0.2) is 297 Å². The summed E-state index contributed by atoms with van der Waals surface area (Å²) in [5, 5.41) is 1.91. The molecule has 0 aliphatic heterocycles. The molecule has 0 radical (unpaired) electrons. The van der Waals surface area contributed by atoms with Crippen molar-refractivity contribution in [3.63, 3.8) is 0 Å². The van der Waals surface area contributed by atoms with Crippen molar-refractivity contribution in [2.45, 2.75) is 66.2 Å². The van der Waals surface area contributed by atoms with Crippen LogP contribution in [0.2, 0.25) is 0 Å². The Bertz CT molecular complexity index is 5610. The molecule has 0 amide bonds. The molecule has 14 aromatic carbocycles. The molecule has 15 aromatic rings. The van der Waals surface area contributed by atoms with E-state index in [4.69, 9.17) is 4.42 Å². The second kappa shape index (κ2) is 24.9. The molecule has 1 heterocycles. The van der Waals surface area contributed by atoms with Gasteiger partial charge in [-0.3, -0.25) is 0 Å². The number of halogens is 2. The molecule has 498 valence electrons. The van der Waals surface area contributed by atoms with Gasteiger partial charge in [0.1, 0.15) is 22.8 Å². The third-order valence-electron chi connectivity index (χ3n) is 22.2. The molecule has 0 bridgehead atoms. The largest absolute Gasteiger partial charge is 0.456 e. The van der Waals surface area contributed by atoms with E-state index in [0.29, 0.717) is 0 Å². The highest BCUT2D eigenvalue weighted by molar-refractivity contribution is 6.09. The van der Waals surface area contributed by atoms with E-state index in [1.807, 2.05) is 36.4 Å². The van der Waals surface area contributed by atoms with Gasteiger partial charge in [-0.2, -0.15) is 0 Å². The summed E-state index contributed by atoms with van der Waals surface area (Å²) < 4.78 is 36.2. The zero-order valence-corrected chi connectivity index (χ0v) is 59.2. The first-order valence-corrected chi connectivity index (χ1v) is 35.4. The lowest BCUT2D eigenvalue weighted by Gasteiger charge is -2.36. The zero-order chi connectivity index (χ0) is 70.7. The van der Waals surface area contributed by atoms with Gasteiger partial charge in [0.25, 0.3) is 0 Å². The predicted octanol–water partition coefficient (Wildman–Crippen LogP) is 26.6. The quantitative estimate of drug-likeness (QED) is 0.108. The molecule has 2 aliphatic rings. The number of benzene rings is 14. The van der Waals surface area contributed by atoms with Crippen molar-refractivity contribution >= 4 is 68.2 Å². The molecule has 0 fully saturated rings. The Morgan fingerprint density at radius 3 is 1.07 bits per heavy atom. The van der Waals surface area contributed by atoms with Crippen LogP contribution in [-0.4, -0.2) is 0 Å². The Labute approximate surface area is 602 Å². The third-order valence-corrected chi connectivity index (χ3v) is 22.2. The number of anilines is 6. The number of nitrogens with zero attached hydrogens (tertiary/aromatic N) is 2. The van der Waals surface area contributed by atoms with E-state index >= 15 is 0 Å². The summed E-state index contributed by atoms with van der Waals surface area (Å²) >= 11 is 0. The van der Waals surface area contributed by atoms with E-state index in [-0.39, 0.29) is 11.6 Å². The van der Waals surface area contributed by atoms with Crippen molar-refractivity contribution in [1.29, 1.82) is 0 Å². The van der Waals surface area contributed by atoms with Crippen molar-refractivity contribution in [3.05, 3.63) is 404 Å². The molecule has 0 spiro atoms. The van der Waals surface area contributed by atoms with Gasteiger partial charge in [-0.15, -0.1) is 0 Å². The summed E-state index contributed by atoms with van der Waals surface area (Å²) in [5.41, 5.74) is 35.5. The molecule has 103 heavy (non-hydrogen) atoms. The van der Waals surface area contributed by atoms with Crippen LogP contribution in [-0.2, 0) is 10.8 Å². The summed E-state index contributed by atoms with van der Waals surface area (Å²) in [6.07, 6.45) is 3.83. The number of hydrogen-bond acceptors (Lipinski definition) is 3. The van der Waals surface area contributed by atoms with Crippen LogP contribution < -0.4 is 9.80 Å². The van der Waals surface area contributed by atoms with Crippen molar-refractivity contribution in [2.24, 2.45) is 0 Å². The zero-order valence-electron chi connectivity index (χ0n) is 59.2. The van der Waals surface area contributed by atoms with E-state index in [9.17, 15) is 8.78 Å². The number of hydrogen-bond donors (Lipinski definition) is 0. The number of aryl methyl sites for hydroxylation is 8. The summed E-state index contributed by atoms with van der Waals surface area (Å²) in [6.45, 7) is 25.9. The van der Waals surface area contributed by atoms with Gasteiger partial charge in [0.05, 0.1) is 10.8 Å². The Kier molecular flexibility index (Phi) is 15.5. The van der Waals surface area contributed by atoms with E-state index in [2.05, 4.69) is 309 Å². The number of fused-ring (bicyclic) bond motifs is 9. The van der Waals surface area contributed by atoms with Gasteiger partial charge in [0.2, 0.25) is 0 Å². The molecular formula is C98H76F2N2O. The van der Waals surface area contributed by atoms with Crippen LogP contribution in [0.25, 0.3) is 78.6 Å². The third kappa shape index (κ3) is 10.3. The molecule has 2 unspecified atom stereocenters. The minimum absolute atomic E-state index is 0.269. The Morgan fingerprint density at radius 1 is 0.301 bits per heavy atom. The van der Waals surface area contributed by atoms with Crippen molar-refractivity contribution < 1.29 is 13.2 Å². The van der Waals surface area contributed by atoms with Gasteiger partial charge in [-0.05, 0) is 298 Å².